The third-order valence-corrected chi connectivity index (χ3v) is 6.06. The zero-order valence-electron chi connectivity index (χ0n) is 10.7. The molecule has 0 amide bonds. The van der Waals surface area contributed by atoms with Crippen LogP contribution in [0, 0.1) is 12.3 Å². The Bertz CT molecular complexity index is 637. The number of hydrogen-bond acceptors (Lipinski definition) is 5. The molecule has 2 rings (SSSR count). The Hall–Kier alpha value is -1.40. The summed E-state index contributed by atoms with van der Waals surface area (Å²) in [5.41, 5.74) is 0. The third kappa shape index (κ3) is 2.86. The van der Waals surface area contributed by atoms with E-state index in [-0.39, 0.29) is 9.77 Å². The molecule has 1 fully saturated rings. The first-order valence-corrected chi connectivity index (χ1v) is 8.25. The largest absolute Gasteiger partial charge is 0.477 e. The lowest BCUT2D eigenvalue weighted by Gasteiger charge is -2.32. The maximum atomic E-state index is 12.4. The van der Waals surface area contributed by atoms with Gasteiger partial charge in [-0.15, -0.1) is 17.8 Å². The highest BCUT2D eigenvalue weighted by Crippen LogP contribution is 2.25. The minimum absolute atomic E-state index is 0.125. The molecule has 108 valence electrons. The van der Waals surface area contributed by atoms with Crippen LogP contribution in [0.4, 0.5) is 0 Å². The van der Waals surface area contributed by atoms with Crippen LogP contribution >= 0.6 is 11.3 Å². The Labute approximate surface area is 121 Å². The molecule has 1 aromatic heterocycles. The molecule has 1 aliphatic heterocycles. The van der Waals surface area contributed by atoms with Gasteiger partial charge >= 0.3 is 5.97 Å². The molecule has 8 heteroatoms. The van der Waals surface area contributed by atoms with Crippen molar-refractivity contribution >= 4 is 27.3 Å². The van der Waals surface area contributed by atoms with Crippen molar-refractivity contribution in [3.05, 3.63) is 16.3 Å². The van der Waals surface area contributed by atoms with Gasteiger partial charge in [-0.25, -0.2) is 13.2 Å². The highest BCUT2D eigenvalue weighted by molar-refractivity contribution is 7.89. The number of thiophene rings is 1. The average Bonchev–Trinajstić information content (AvgIpc) is 2.90. The van der Waals surface area contributed by atoms with Crippen molar-refractivity contribution in [1.29, 1.82) is 0 Å². The van der Waals surface area contributed by atoms with Crippen molar-refractivity contribution < 1.29 is 18.3 Å². The minimum atomic E-state index is -3.75. The Kier molecular flexibility index (Phi) is 4.45. The molecule has 0 saturated carbocycles. The second-order valence-corrected chi connectivity index (χ2v) is 7.13. The van der Waals surface area contributed by atoms with Crippen LogP contribution in [-0.4, -0.2) is 61.4 Å². The quantitative estimate of drug-likeness (QED) is 0.813. The van der Waals surface area contributed by atoms with Crippen molar-refractivity contribution in [3.8, 4) is 12.3 Å². The summed E-state index contributed by atoms with van der Waals surface area (Å²) in [6.07, 6.45) is 5.22. The van der Waals surface area contributed by atoms with Crippen molar-refractivity contribution in [2.75, 3.05) is 32.7 Å². The lowest BCUT2D eigenvalue weighted by atomic mass is 10.4. The molecule has 1 aromatic rings. The van der Waals surface area contributed by atoms with E-state index in [2.05, 4.69) is 5.92 Å². The number of sulfonamides is 1. The van der Waals surface area contributed by atoms with Crippen LogP contribution < -0.4 is 0 Å². The third-order valence-electron chi connectivity index (χ3n) is 3.09. The normalized spacial score (nSPS) is 17.8. The summed E-state index contributed by atoms with van der Waals surface area (Å²) < 4.78 is 26.2. The summed E-state index contributed by atoms with van der Waals surface area (Å²) in [5, 5.41) is 10.5. The van der Waals surface area contributed by atoms with Gasteiger partial charge in [0.05, 0.1) is 6.54 Å². The molecule has 0 aromatic carbocycles. The van der Waals surface area contributed by atoms with E-state index in [4.69, 9.17) is 11.5 Å². The van der Waals surface area contributed by atoms with E-state index in [1.807, 2.05) is 4.90 Å². The lowest BCUT2D eigenvalue weighted by Crippen LogP contribution is -2.48. The van der Waals surface area contributed by atoms with E-state index in [1.165, 1.54) is 15.8 Å². The lowest BCUT2D eigenvalue weighted by molar-refractivity contribution is 0.0698. The minimum Gasteiger partial charge on any atom is -0.477 e. The number of terminal acetylenes is 1. The number of hydrogen-bond donors (Lipinski definition) is 1. The van der Waals surface area contributed by atoms with E-state index in [0.29, 0.717) is 32.7 Å². The summed E-state index contributed by atoms with van der Waals surface area (Å²) in [4.78, 5) is 12.8. The predicted molar refractivity (Wildman–Crippen MR) is 75.3 cm³/mol. The number of aromatic carboxylic acids is 1. The van der Waals surface area contributed by atoms with Gasteiger partial charge in [-0.3, -0.25) is 4.90 Å². The smallest absolute Gasteiger partial charge is 0.347 e. The first kappa shape index (κ1) is 15.0. The maximum Gasteiger partial charge on any atom is 0.347 e. The molecular formula is C12H14N2O4S2. The zero-order chi connectivity index (χ0) is 14.8. The first-order chi connectivity index (χ1) is 9.46. The predicted octanol–water partition coefficient (Wildman–Crippen LogP) is 0.386. The number of piperazine rings is 1. The van der Waals surface area contributed by atoms with Gasteiger partial charge in [0.1, 0.15) is 9.77 Å². The Morgan fingerprint density at radius 1 is 1.40 bits per heavy atom. The van der Waals surface area contributed by atoms with Gasteiger partial charge in [0.25, 0.3) is 0 Å². The Morgan fingerprint density at radius 2 is 2.05 bits per heavy atom. The Balaban J connectivity index is 2.18. The first-order valence-electron chi connectivity index (χ1n) is 5.93. The van der Waals surface area contributed by atoms with Crippen LogP contribution in [0.1, 0.15) is 9.67 Å². The SMILES string of the molecule is C#CCN1CCN(S(=O)(=O)c2ccsc2C(=O)O)CC1. The van der Waals surface area contributed by atoms with Crippen molar-refractivity contribution in [2.24, 2.45) is 0 Å². The summed E-state index contributed by atoms with van der Waals surface area (Å²) in [6, 6.07) is 1.34. The van der Waals surface area contributed by atoms with Crippen LogP contribution in [-0.2, 0) is 10.0 Å². The molecule has 0 bridgehead atoms. The van der Waals surface area contributed by atoms with E-state index in [1.54, 1.807) is 0 Å². The van der Waals surface area contributed by atoms with E-state index in [9.17, 15) is 13.2 Å². The van der Waals surface area contributed by atoms with Gasteiger partial charge in [-0.2, -0.15) is 4.31 Å². The van der Waals surface area contributed by atoms with Gasteiger partial charge in [0.2, 0.25) is 10.0 Å². The summed E-state index contributed by atoms with van der Waals surface area (Å²) in [5.74, 6) is 1.31. The fourth-order valence-electron chi connectivity index (χ4n) is 2.05. The molecule has 0 spiro atoms. The van der Waals surface area contributed by atoms with Gasteiger partial charge in [0, 0.05) is 26.2 Å². The van der Waals surface area contributed by atoms with Crippen molar-refractivity contribution in [1.82, 2.24) is 9.21 Å². The summed E-state index contributed by atoms with van der Waals surface area (Å²) >= 11 is 0.915. The van der Waals surface area contributed by atoms with Crippen LogP contribution in [0.3, 0.4) is 0 Å². The van der Waals surface area contributed by atoms with Crippen LogP contribution in [0.25, 0.3) is 0 Å². The molecule has 0 radical (unpaired) electrons. The molecule has 2 heterocycles. The number of carbonyl (C=O) groups is 1. The molecule has 1 N–H and O–H groups in total. The topological polar surface area (TPSA) is 77.9 Å². The van der Waals surface area contributed by atoms with Crippen LogP contribution in [0.5, 0.6) is 0 Å². The standard InChI is InChI=1S/C12H14N2O4S2/c1-2-4-13-5-7-14(8-6-13)20(17,18)10-3-9-19-11(10)12(15)16/h1,3,9H,4-8H2,(H,15,16). The molecule has 6 nitrogen and oxygen atoms in total. The Morgan fingerprint density at radius 3 is 2.60 bits per heavy atom. The maximum absolute atomic E-state index is 12.4. The molecular weight excluding hydrogens is 300 g/mol. The summed E-state index contributed by atoms with van der Waals surface area (Å²) in [6.45, 7) is 2.23. The van der Waals surface area contributed by atoms with Crippen LogP contribution in [0.2, 0.25) is 0 Å². The average molecular weight is 314 g/mol. The van der Waals surface area contributed by atoms with Gasteiger partial charge in [0.15, 0.2) is 0 Å². The van der Waals surface area contributed by atoms with Gasteiger partial charge in [-0.05, 0) is 11.4 Å². The second kappa shape index (κ2) is 5.93. The van der Waals surface area contributed by atoms with Crippen molar-refractivity contribution in [3.63, 3.8) is 0 Å². The van der Waals surface area contributed by atoms with Crippen LogP contribution in [0.15, 0.2) is 16.3 Å². The summed E-state index contributed by atoms with van der Waals surface area (Å²) in [7, 11) is -3.75. The molecule has 1 aliphatic rings. The zero-order valence-corrected chi connectivity index (χ0v) is 12.3. The fraction of sp³-hybridized carbons (Fsp3) is 0.417. The number of rotatable bonds is 4. The van der Waals surface area contributed by atoms with E-state index < -0.39 is 16.0 Å². The van der Waals surface area contributed by atoms with E-state index in [0.717, 1.165) is 11.3 Å². The molecule has 1 saturated heterocycles. The molecule has 0 atom stereocenters. The number of nitrogens with zero attached hydrogens (tertiary/aromatic N) is 2. The van der Waals surface area contributed by atoms with Crippen molar-refractivity contribution in [2.45, 2.75) is 4.90 Å². The van der Waals surface area contributed by atoms with Gasteiger partial charge in [-0.1, -0.05) is 5.92 Å². The molecule has 20 heavy (non-hydrogen) atoms. The molecule has 0 unspecified atom stereocenters. The van der Waals surface area contributed by atoms with Gasteiger partial charge < -0.3 is 5.11 Å². The monoisotopic (exact) mass is 314 g/mol. The second-order valence-electron chi connectivity index (χ2n) is 4.30. The highest BCUT2D eigenvalue weighted by Gasteiger charge is 2.32. The highest BCUT2D eigenvalue weighted by atomic mass is 32.2. The van der Waals surface area contributed by atoms with E-state index >= 15 is 0 Å². The number of carboxylic acid groups (broad SMARTS) is 1. The number of carboxylic acids is 1. The fourth-order valence-corrected chi connectivity index (χ4v) is 4.71. The molecule has 0 aliphatic carbocycles.